The molecule has 2 aromatic carbocycles. The first-order chi connectivity index (χ1) is 24.2. The minimum atomic E-state index is -1.88. The molecule has 0 bridgehead atoms. The molecule has 0 aliphatic rings. The Morgan fingerprint density at radius 1 is 0.765 bits per heavy atom. The molecular formula is C33H41N7O11. The Bertz CT molecular complexity index is 1710. The number of carboxylic acids is 2. The van der Waals surface area contributed by atoms with Gasteiger partial charge >= 0.3 is 11.9 Å². The number of carboxylic acid groups (broad SMARTS) is 2. The third kappa shape index (κ3) is 11.9. The highest BCUT2D eigenvalue weighted by molar-refractivity contribution is 5.97. The van der Waals surface area contributed by atoms with Gasteiger partial charge in [-0.15, -0.1) is 0 Å². The lowest BCUT2D eigenvalue weighted by Gasteiger charge is -2.26. The predicted molar refractivity (Wildman–Crippen MR) is 180 cm³/mol. The van der Waals surface area contributed by atoms with Crippen LogP contribution >= 0.6 is 0 Å². The Morgan fingerprint density at radius 3 is 2.00 bits per heavy atom. The summed E-state index contributed by atoms with van der Waals surface area (Å²) in [6.07, 6.45) is -0.853. The molecule has 18 heteroatoms. The van der Waals surface area contributed by atoms with Crippen molar-refractivity contribution in [3.05, 3.63) is 71.9 Å². The summed E-state index contributed by atoms with van der Waals surface area (Å²) in [5.74, 6) is -8.11. The van der Waals surface area contributed by atoms with E-state index in [0.29, 0.717) is 5.56 Å². The molecule has 6 atom stereocenters. The number of nitrogens with two attached hydrogens (primary N) is 1. The summed E-state index contributed by atoms with van der Waals surface area (Å²) >= 11 is 0. The van der Waals surface area contributed by atoms with Gasteiger partial charge in [-0.1, -0.05) is 48.5 Å². The zero-order valence-electron chi connectivity index (χ0n) is 27.5. The molecule has 0 unspecified atom stereocenters. The van der Waals surface area contributed by atoms with Crippen molar-refractivity contribution < 1.29 is 54.0 Å². The van der Waals surface area contributed by atoms with Crippen LogP contribution in [0.25, 0.3) is 10.9 Å². The first-order valence-corrected chi connectivity index (χ1v) is 15.8. The number of H-pyrrole nitrogens is 1. The molecule has 3 rings (SSSR count). The number of fused-ring (bicyclic) bond motifs is 1. The summed E-state index contributed by atoms with van der Waals surface area (Å²) < 4.78 is 0. The quantitative estimate of drug-likeness (QED) is 0.0604. The third-order valence-electron chi connectivity index (χ3n) is 7.68. The van der Waals surface area contributed by atoms with Gasteiger partial charge in [0.25, 0.3) is 0 Å². The maximum Gasteiger partial charge on any atom is 0.326 e. The number of benzene rings is 2. The molecule has 12 N–H and O–H groups in total. The Labute approximate surface area is 291 Å². The molecule has 274 valence electrons. The van der Waals surface area contributed by atoms with Crippen LogP contribution in [0, 0.1) is 0 Å². The van der Waals surface area contributed by atoms with Crippen molar-refractivity contribution in [2.24, 2.45) is 5.73 Å². The van der Waals surface area contributed by atoms with E-state index in [9.17, 15) is 54.0 Å². The zero-order valence-corrected chi connectivity index (χ0v) is 27.5. The van der Waals surface area contributed by atoms with Crippen molar-refractivity contribution in [3.63, 3.8) is 0 Å². The van der Waals surface area contributed by atoms with Crippen molar-refractivity contribution in [2.75, 3.05) is 13.2 Å². The van der Waals surface area contributed by atoms with Gasteiger partial charge in [-0.05, 0) is 30.5 Å². The van der Waals surface area contributed by atoms with E-state index in [1.54, 1.807) is 36.5 Å². The van der Waals surface area contributed by atoms with Crippen LogP contribution in [0.3, 0.4) is 0 Å². The maximum atomic E-state index is 13.1. The number of aliphatic hydroxyl groups excluding tert-OH is 2. The number of carbonyl (C=O) groups is 7. The van der Waals surface area contributed by atoms with Crippen molar-refractivity contribution >= 4 is 52.4 Å². The number of carbonyl (C=O) groups excluding carboxylic acids is 5. The minimum Gasteiger partial charge on any atom is -0.481 e. The van der Waals surface area contributed by atoms with Crippen LogP contribution in [0.4, 0.5) is 0 Å². The Morgan fingerprint density at radius 2 is 1.37 bits per heavy atom. The average molecular weight is 712 g/mol. The molecule has 0 saturated heterocycles. The summed E-state index contributed by atoms with van der Waals surface area (Å²) in [5.41, 5.74) is 8.23. The van der Waals surface area contributed by atoms with Crippen LogP contribution < -0.4 is 32.3 Å². The average Bonchev–Trinajstić information content (AvgIpc) is 3.50. The van der Waals surface area contributed by atoms with E-state index >= 15 is 0 Å². The summed E-state index contributed by atoms with van der Waals surface area (Å²) in [5, 5.41) is 50.7. The molecule has 1 aromatic heterocycles. The van der Waals surface area contributed by atoms with E-state index in [0.717, 1.165) is 23.4 Å². The largest absolute Gasteiger partial charge is 0.481 e. The van der Waals surface area contributed by atoms with Crippen molar-refractivity contribution in [3.8, 4) is 0 Å². The Hall–Kier alpha value is -5.85. The van der Waals surface area contributed by atoms with Gasteiger partial charge in [-0.3, -0.25) is 28.8 Å². The summed E-state index contributed by atoms with van der Waals surface area (Å²) in [4.78, 5) is 90.5. The maximum absolute atomic E-state index is 13.1. The number of aliphatic carboxylic acids is 2. The summed E-state index contributed by atoms with van der Waals surface area (Å²) in [7, 11) is 0. The number of amides is 5. The van der Waals surface area contributed by atoms with Gasteiger partial charge in [0.15, 0.2) is 0 Å². The second kappa shape index (κ2) is 18.8. The van der Waals surface area contributed by atoms with Crippen LogP contribution in [-0.4, -0.2) is 116 Å². The molecular weight excluding hydrogens is 670 g/mol. The first kappa shape index (κ1) is 39.6. The zero-order chi connectivity index (χ0) is 37.7. The van der Waals surface area contributed by atoms with Crippen LogP contribution in [0.2, 0.25) is 0 Å². The van der Waals surface area contributed by atoms with E-state index in [2.05, 4.69) is 31.6 Å². The highest BCUT2D eigenvalue weighted by Crippen LogP contribution is 2.18. The molecule has 3 aromatic rings. The molecule has 18 nitrogen and oxygen atoms in total. The molecule has 5 amide bonds. The van der Waals surface area contributed by atoms with Crippen molar-refractivity contribution in [2.45, 2.75) is 62.5 Å². The summed E-state index contributed by atoms with van der Waals surface area (Å²) in [6, 6.07) is 7.86. The summed E-state index contributed by atoms with van der Waals surface area (Å²) in [6.45, 7) is -0.537. The van der Waals surface area contributed by atoms with Gasteiger partial charge in [0.1, 0.15) is 24.2 Å². The fraction of sp³-hybridized carbons (Fsp3) is 0.364. The van der Waals surface area contributed by atoms with Gasteiger partial charge in [-0.2, -0.15) is 0 Å². The van der Waals surface area contributed by atoms with E-state index in [1.807, 2.05) is 24.3 Å². The van der Waals surface area contributed by atoms with Gasteiger partial charge in [0, 0.05) is 23.5 Å². The number of aromatic amines is 1. The fourth-order valence-corrected chi connectivity index (χ4v) is 4.99. The normalized spacial score (nSPS) is 14.5. The second-order valence-corrected chi connectivity index (χ2v) is 11.7. The van der Waals surface area contributed by atoms with Gasteiger partial charge in [0.05, 0.1) is 31.7 Å². The van der Waals surface area contributed by atoms with E-state index in [1.165, 1.54) is 0 Å². The van der Waals surface area contributed by atoms with E-state index in [4.69, 9.17) is 5.73 Å². The monoisotopic (exact) mass is 711 g/mol. The van der Waals surface area contributed by atoms with Gasteiger partial charge in [0.2, 0.25) is 29.5 Å². The SMILES string of the molecule is C[C@@H](O)[C@H](NC(=O)CNC(=O)[C@@H](N)Cc1c[nH]c2ccccc12)C(=O)N[C@@H](CC(=O)O)C(=O)N[C@@H](CO)C(=O)N[C@@H](Cc1ccccc1)C(=O)O. The Balaban J connectivity index is 1.58. The molecule has 0 spiro atoms. The number of aliphatic hydroxyl groups is 2. The highest BCUT2D eigenvalue weighted by Gasteiger charge is 2.33. The lowest BCUT2D eigenvalue weighted by Crippen LogP contribution is -2.60. The minimum absolute atomic E-state index is 0.125. The number of rotatable bonds is 19. The second-order valence-electron chi connectivity index (χ2n) is 11.7. The van der Waals surface area contributed by atoms with Crippen molar-refractivity contribution in [1.82, 2.24) is 31.6 Å². The van der Waals surface area contributed by atoms with Crippen molar-refractivity contribution in [1.29, 1.82) is 0 Å². The van der Waals surface area contributed by atoms with Crippen LogP contribution in [0.5, 0.6) is 0 Å². The molecule has 0 aliphatic carbocycles. The molecule has 0 radical (unpaired) electrons. The number of hydrogen-bond donors (Lipinski definition) is 11. The molecule has 51 heavy (non-hydrogen) atoms. The third-order valence-corrected chi connectivity index (χ3v) is 7.68. The first-order valence-electron chi connectivity index (χ1n) is 15.8. The Kier molecular flexibility index (Phi) is 14.6. The lowest BCUT2D eigenvalue weighted by molar-refractivity contribution is -0.143. The van der Waals surface area contributed by atoms with E-state index in [-0.39, 0.29) is 12.8 Å². The topological polar surface area (TPSA) is 302 Å². The standard InChI is InChI=1S/C33H41N7O11/c1-17(42)28(40-26(43)15-36-29(46)21(34)12-19-14-35-22-10-6-5-9-20(19)22)32(49)37-23(13-27(44)45)30(47)39-25(16-41)31(48)38-24(33(50)51)11-18-7-3-2-4-8-18/h2-10,14,17,21,23-25,28,35,41-42H,11-13,15-16,34H2,1H3,(H,36,46)(H,37,49)(H,38,48)(H,39,47)(H,40,43)(H,44,45)(H,50,51)/t17-,21+,23+,24+,25+,28+/m1/s1. The lowest BCUT2D eigenvalue weighted by atomic mass is 10.1. The van der Waals surface area contributed by atoms with Gasteiger partial charge < -0.3 is 57.7 Å². The van der Waals surface area contributed by atoms with E-state index < -0.39 is 97.4 Å². The number of aromatic nitrogens is 1. The van der Waals surface area contributed by atoms with Gasteiger partial charge in [-0.25, -0.2) is 4.79 Å². The van der Waals surface area contributed by atoms with Crippen LogP contribution in [0.1, 0.15) is 24.5 Å². The highest BCUT2D eigenvalue weighted by atomic mass is 16.4. The molecule has 1 heterocycles. The number of nitrogens with one attached hydrogen (secondary N) is 6. The fourth-order valence-electron chi connectivity index (χ4n) is 4.99. The molecule has 0 saturated carbocycles. The predicted octanol–water partition coefficient (Wildman–Crippen LogP) is -2.73. The smallest absolute Gasteiger partial charge is 0.326 e. The number of para-hydroxylation sites is 1. The molecule has 0 aliphatic heterocycles. The number of hydrogen-bond acceptors (Lipinski definition) is 10. The van der Waals surface area contributed by atoms with Crippen LogP contribution in [0.15, 0.2) is 60.8 Å². The molecule has 0 fully saturated rings. The van der Waals surface area contributed by atoms with Crippen LogP contribution in [-0.2, 0) is 46.4 Å².